The number of nitrogens with one attached hydrogen (secondary N) is 2. The van der Waals surface area contributed by atoms with Gasteiger partial charge in [-0.2, -0.15) is 0 Å². The second-order valence-corrected chi connectivity index (χ2v) is 7.39. The zero-order valence-corrected chi connectivity index (χ0v) is 15.1. The lowest BCUT2D eigenvalue weighted by atomic mass is 10.1. The molecule has 3 atom stereocenters. The molecule has 7 nitrogen and oxygen atoms in total. The van der Waals surface area contributed by atoms with E-state index < -0.39 is 6.04 Å². The molecule has 1 aromatic carbocycles. The van der Waals surface area contributed by atoms with E-state index in [2.05, 4.69) is 10.6 Å². The zero-order chi connectivity index (χ0) is 18.4. The highest BCUT2D eigenvalue weighted by Crippen LogP contribution is 2.22. The van der Waals surface area contributed by atoms with Gasteiger partial charge in [-0.15, -0.1) is 11.8 Å². The fourth-order valence-corrected chi connectivity index (χ4v) is 3.88. The molecular formula is C18H22N2O5S. The van der Waals surface area contributed by atoms with E-state index in [-0.39, 0.29) is 41.4 Å². The molecule has 0 radical (unpaired) electrons. The van der Waals surface area contributed by atoms with Gasteiger partial charge in [0.1, 0.15) is 22.9 Å². The minimum atomic E-state index is -0.637. The average molecular weight is 378 g/mol. The molecule has 2 fully saturated rings. The second kappa shape index (κ2) is 9.05. The molecule has 1 aromatic rings. The fourth-order valence-electron chi connectivity index (χ4n) is 2.82. The normalized spacial score (nSPS) is 24.5. The monoisotopic (exact) mass is 378 g/mol. The highest BCUT2D eigenvalue weighted by atomic mass is 32.2. The van der Waals surface area contributed by atoms with Gasteiger partial charge in [0.15, 0.2) is 6.61 Å². The summed E-state index contributed by atoms with van der Waals surface area (Å²) in [5.41, 5.74) is 0. The quantitative estimate of drug-likeness (QED) is 0.620. The summed E-state index contributed by atoms with van der Waals surface area (Å²) in [6, 6.07) is 8.35. The van der Waals surface area contributed by atoms with Crippen LogP contribution in [0.15, 0.2) is 30.3 Å². The van der Waals surface area contributed by atoms with E-state index in [1.165, 1.54) is 11.8 Å². The van der Waals surface area contributed by atoms with Gasteiger partial charge < -0.3 is 20.1 Å². The Morgan fingerprint density at radius 1 is 1.31 bits per heavy atom. The average Bonchev–Trinajstić information content (AvgIpc) is 3.15. The summed E-state index contributed by atoms with van der Waals surface area (Å²) >= 11 is 1.33. The highest BCUT2D eigenvalue weighted by Gasteiger charge is 2.41. The molecule has 2 aliphatic rings. The molecule has 2 amide bonds. The molecule has 0 spiro atoms. The first-order valence-electron chi connectivity index (χ1n) is 8.64. The maximum Gasteiger partial charge on any atom is 0.258 e. The van der Waals surface area contributed by atoms with Gasteiger partial charge in [-0.1, -0.05) is 18.2 Å². The van der Waals surface area contributed by atoms with Crippen LogP contribution in [0.1, 0.15) is 19.3 Å². The molecule has 2 N–H and O–H groups in total. The predicted molar refractivity (Wildman–Crippen MR) is 96.9 cm³/mol. The molecular weight excluding hydrogens is 356 g/mol. The standard InChI is InChI=1S/C18H22N2O5S/c21-12(9-14-7-4-8-24-14)11-26-18-16(17(23)20-18)19-15(22)10-25-13-5-2-1-3-6-13/h1-3,5-6,14,16,18H,4,7-11H2,(H,19,22)(H,20,23)/t14-,16-,18-/m1/s1. The first kappa shape index (κ1) is 18.7. The van der Waals surface area contributed by atoms with Crippen molar-refractivity contribution >= 4 is 29.4 Å². The minimum absolute atomic E-state index is 0.0321. The Morgan fingerprint density at radius 2 is 2.12 bits per heavy atom. The van der Waals surface area contributed by atoms with Gasteiger partial charge in [0.2, 0.25) is 5.91 Å². The first-order chi connectivity index (χ1) is 12.6. The van der Waals surface area contributed by atoms with Crippen LogP contribution < -0.4 is 15.4 Å². The maximum atomic E-state index is 12.0. The third kappa shape index (κ3) is 5.22. The van der Waals surface area contributed by atoms with E-state index in [4.69, 9.17) is 9.47 Å². The van der Waals surface area contributed by atoms with E-state index in [0.717, 1.165) is 19.4 Å². The SMILES string of the molecule is O=C(CS[C@H]1NC(=O)[C@H]1NC(=O)COc1ccccc1)C[C@H]1CCCO1. The predicted octanol–water partition coefficient (Wildman–Crippen LogP) is 0.878. The molecule has 8 heteroatoms. The van der Waals surface area contributed by atoms with Crippen molar-refractivity contribution in [3.05, 3.63) is 30.3 Å². The first-order valence-corrected chi connectivity index (χ1v) is 9.69. The number of hydrogen-bond acceptors (Lipinski definition) is 6. The molecule has 2 aliphatic heterocycles. The Morgan fingerprint density at radius 3 is 2.81 bits per heavy atom. The molecule has 26 heavy (non-hydrogen) atoms. The minimum Gasteiger partial charge on any atom is -0.484 e. The summed E-state index contributed by atoms with van der Waals surface area (Å²) in [6.45, 7) is 0.562. The number of hydrogen-bond donors (Lipinski definition) is 2. The lowest BCUT2D eigenvalue weighted by molar-refractivity contribution is -0.134. The van der Waals surface area contributed by atoms with Crippen LogP contribution in [0.2, 0.25) is 0 Å². The van der Waals surface area contributed by atoms with Crippen LogP contribution in [0.3, 0.4) is 0 Å². The third-order valence-corrected chi connectivity index (χ3v) is 5.44. The van der Waals surface area contributed by atoms with Crippen LogP contribution >= 0.6 is 11.8 Å². The molecule has 0 unspecified atom stereocenters. The Balaban J connectivity index is 1.37. The molecule has 0 aromatic heterocycles. The van der Waals surface area contributed by atoms with Crippen molar-refractivity contribution in [1.82, 2.24) is 10.6 Å². The van der Waals surface area contributed by atoms with Crippen LogP contribution in [-0.4, -0.2) is 54.1 Å². The second-order valence-electron chi connectivity index (χ2n) is 6.26. The topological polar surface area (TPSA) is 93.7 Å². The van der Waals surface area contributed by atoms with Crippen molar-refractivity contribution < 1.29 is 23.9 Å². The summed E-state index contributed by atoms with van der Waals surface area (Å²) in [5, 5.41) is 5.06. The molecule has 2 saturated heterocycles. The lowest BCUT2D eigenvalue weighted by Crippen LogP contribution is -2.68. The summed E-state index contributed by atoms with van der Waals surface area (Å²) in [4.78, 5) is 35.7. The lowest BCUT2D eigenvalue weighted by Gasteiger charge is -2.36. The van der Waals surface area contributed by atoms with Gasteiger partial charge in [0.25, 0.3) is 5.91 Å². The number of benzene rings is 1. The van der Waals surface area contributed by atoms with E-state index >= 15 is 0 Å². The van der Waals surface area contributed by atoms with Gasteiger partial charge in [0, 0.05) is 13.0 Å². The summed E-state index contributed by atoms with van der Waals surface area (Å²) in [6.07, 6.45) is 2.37. The number of carbonyl (C=O) groups excluding carboxylic acids is 3. The number of para-hydroxylation sites is 1. The largest absolute Gasteiger partial charge is 0.484 e. The van der Waals surface area contributed by atoms with Crippen molar-refractivity contribution in [1.29, 1.82) is 0 Å². The number of ether oxygens (including phenoxy) is 2. The van der Waals surface area contributed by atoms with Crippen molar-refractivity contribution in [3.63, 3.8) is 0 Å². The number of carbonyl (C=O) groups is 3. The van der Waals surface area contributed by atoms with E-state index in [0.29, 0.717) is 12.2 Å². The summed E-state index contributed by atoms with van der Waals surface area (Å²) < 4.78 is 10.8. The summed E-state index contributed by atoms with van der Waals surface area (Å²) in [7, 11) is 0. The fraction of sp³-hybridized carbons (Fsp3) is 0.500. The molecule has 0 aliphatic carbocycles. The number of amides is 2. The van der Waals surface area contributed by atoms with Gasteiger partial charge >= 0.3 is 0 Å². The Labute approximate surface area is 156 Å². The van der Waals surface area contributed by atoms with Crippen LogP contribution in [0, 0.1) is 0 Å². The van der Waals surface area contributed by atoms with Crippen molar-refractivity contribution in [3.8, 4) is 5.75 Å². The number of β-lactam (4-membered cyclic amide) rings is 1. The van der Waals surface area contributed by atoms with Crippen LogP contribution in [0.4, 0.5) is 0 Å². The van der Waals surface area contributed by atoms with Crippen LogP contribution in [-0.2, 0) is 19.1 Å². The Bertz CT molecular complexity index is 648. The molecule has 0 saturated carbocycles. The zero-order valence-electron chi connectivity index (χ0n) is 14.3. The molecule has 0 bridgehead atoms. The van der Waals surface area contributed by atoms with Crippen LogP contribution in [0.25, 0.3) is 0 Å². The molecule has 140 valence electrons. The van der Waals surface area contributed by atoms with Crippen molar-refractivity contribution in [2.45, 2.75) is 36.8 Å². The Hall–Kier alpha value is -2.06. The van der Waals surface area contributed by atoms with E-state index in [1.54, 1.807) is 12.1 Å². The third-order valence-electron chi connectivity index (χ3n) is 4.20. The van der Waals surface area contributed by atoms with Gasteiger partial charge in [-0.3, -0.25) is 14.4 Å². The van der Waals surface area contributed by atoms with Crippen molar-refractivity contribution in [2.24, 2.45) is 0 Å². The van der Waals surface area contributed by atoms with Gasteiger partial charge in [0.05, 0.1) is 11.9 Å². The molecule has 2 heterocycles. The molecule has 3 rings (SSSR count). The van der Waals surface area contributed by atoms with Gasteiger partial charge in [-0.25, -0.2) is 0 Å². The maximum absolute atomic E-state index is 12.0. The van der Waals surface area contributed by atoms with Crippen molar-refractivity contribution in [2.75, 3.05) is 19.0 Å². The van der Waals surface area contributed by atoms with Crippen LogP contribution in [0.5, 0.6) is 5.75 Å². The smallest absolute Gasteiger partial charge is 0.258 e. The highest BCUT2D eigenvalue weighted by molar-refractivity contribution is 8.00. The number of Topliss-reactive ketones (excluding diaryl/α,β-unsaturated/α-hetero) is 1. The van der Waals surface area contributed by atoms with E-state index in [9.17, 15) is 14.4 Å². The van der Waals surface area contributed by atoms with Gasteiger partial charge in [-0.05, 0) is 25.0 Å². The number of rotatable bonds is 9. The Kier molecular flexibility index (Phi) is 6.51. The van der Waals surface area contributed by atoms with E-state index in [1.807, 2.05) is 18.2 Å². The number of ketones is 1. The number of thioether (sulfide) groups is 1. The summed E-state index contributed by atoms with van der Waals surface area (Å²) in [5.74, 6) is 0.358.